The maximum absolute atomic E-state index is 5.73. The Labute approximate surface area is 108 Å². The van der Waals surface area contributed by atoms with Crippen molar-refractivity contribution in [1.29, 1.82) is 0 Å². The second-order valence-corrected chi connectivity index (χ2v) is 5.40. The highest BCUT2D eigenvalue weighted by Crippen LogP contribution is 2.23. The van der Waals surface area contributed by atoms with Crippen LogP contribution in [0.1, 0.15) is 19.5 Å². The van der Waals surface area contributed by atoms with Gasteiger partial charge in [-0.1, -0.05) is 38.1 Å². The van der Waals surface area contributed by atoms with Crippen molar-refractivity contribution in [3.05, 3.63) is 30.0 Å². The van der Waals surface area contributed by atoms with E-state index in [0.29, 0.717) is 6.54 Å². The Bertz CT molecular complexity index is 548. The molecule has 0 saturated heterocycles. The van der Waals surface area contributed by atoms with Crippen LogP contribution in [0.4, 0.5) is 5.82 Å². The summed E-state index contributed by atoms with van der Waals surface area (Å²) < 4.78 is 0. The number of aryl methyl sites for hydroxylation is 1. The van der Waals surface area contributed by atoms with E-state index in [1.165, 1.54) is 0 Å². The second-order valence-electron chi connectivity index (χ2n) is 5.40. The van der Waals surface area contributed by atoms with Gasteiger partial charge in [-0.3, -0.25) is 0 Å². The number of nitrogens with zero attached hydrogens (tertiary/aromatic N) is 2. The van der Waals surface area contributed by atoms with Crippen LogP contribution in [0.25, 0.3) is 10.8 Å². The second kappa shape index (κ2) is 4.90. The van der Waals surface area contributed by atoms with Crippen LogP contribution in [0.15, 0.2) is 24.3 Å². The van der Waals surface area contributed by atoms with Gasteiger partial charge in [-0.2, -0.15) is 5.10 Å². The zero-order valence-electron chi connectivity index (χ0n) is 11.2. The topological polar surface area (TPSA) is 63.8 Å². The standard InChI is InChI=1S/C14H20N4/c1-10-11-6-4-5-7-12(11)13(18-17-10)16-9-14(2,3)8-15/h4-7H,8-9,15H2,1-3H3,(H,16,18). The van der Waals surface area contributed by atoms with Crippen LogP contribution in [0.5, 0.6) is 0 Å². The van der Waals surface area contributed by atoms with Gasteiger partial charge in [0, 0.05) is 17.3 Å². The van der Waals surface area contributed by atoms with Crippen LogP contribution >= 0.6 is 0 Å². The summed E-state index contributed by atoms with van der Waals surface area (Å²) in [6.07, 6.45) is 0. The Morgan fingerprint density at radius 2 is 1.83 bits per heavy atom. The van der Waals surface area contributed by atoms with Crippen LogP contribution in [0, 0.1) is 12.3 Å². The fourth-order valence-corrected chi connectivity index (χ4v) is 1.76. The first-order chi connectivity index (χ1) is 8.53. The number of nitrogens with two attached hydrogens (primary N) is 1. The van der Waals surface area contributed by atoms with Crippen LogP contribution in [-0.4, -0.2) is 23.3 Å². The Kier molecular flexibility index (Phi) is 3.48. The number of aromatic nitrogens is 2. The van der Waals surface area contributed by atoms with Crippen LogP contribution < -0.4 is 11.1 Å². The molecule has 0 aliphatic carbocycles. The monoisotopic (exact) mass is 244 g/mol. The molecule has 1 aromatic heterocycles. The summed E-state index contributed by atoms with van der Waals surface area (Å²) in [5.41, 5.74) is 6.73. The van der Waals surface area contributed by atoms with Gasteiger partial charge in [0.15, 0.2) is 5.82 Å². The fraction of sp³-hybridized carbons (Fsp3) is 0.429. The first-order valence-electron chi connectivity index (χ1n) is 6.19. The van der Waals surface area contributed by atoms with Gasteiger partial charge in [-0.15, -0.1) is 5.10 Å². The highest BCUT2D eigenvalue weighted by Gasteiger charge is 2.16. The quantitative estimate of drug-likeness (QED) is 0.866. The molecule has 2 aromatic rings. The van der Waals surface area contributed by atoms with Gasteiger partial charge in [-0.25, -0.2) is 0 Å². The Morgan fingerprint density at radius 1 is 1.17 bits per heavy atom. The van der Waals surface area contributed by atoms with Crippen molar-refractivity contribution in [3.63, 3.8) is 0 Å². The lowest BCUT2D eigenvalue weighted by Gasteiger charge is -2.23. The molecule has 0 saturated carbocycles. The highest BCUT2D eigenvalue weighted by atomic mass is 15.2. The minimum atomic E-state index is 0.0493. The number of benzene rings is 1. The predicted octanol–water partition coefficient (Wildman–Crippen LogP) is 2.34. The smallest absolute Gasteiger partial charge is 0.156 e. The lowest BCUT2D eigenvalue weighted by Crippen LogP contribution is -2.31. The normalized spacial score (nSPS) is 11.8. The summed E-state index contributed by atoms with van der Waals surface area (Å²) in [5, 5.41) is 14.0. The van der Waals surface area contributed by atoms with Gasteiger partial charge in [0.25, 0.3) is 0 Å². The summed E-state index contributed by atoms with van der Waals surface area (Å²) in [4.78, 5) is 0. The molecular formula is C14H20N4. The van der Waals surface area contributed by atoms with E-state index >= 15 is 0 Å². The van der Waals surface area contributed by atoms with Crippen LogP contribution in [0.3, 0.4) is 0 Å². The number of fused-ring (bicyclic) bond motifs is 1. The van der Waals surface area contributed by atoms with Gasteiger partial charge in [0.2, 0.25) is 0 Å². The van der Waals surface area contributed by atoms with E-state index in [1.54, 1.807) is 0 Å². The molecule has 1 heterocycles. The van der Waals surface area contributed by atoms with Gasteiger partial charge in [0.1, 0.15) is 0 Å². The molecule has 0 atom stereocenters. The molecule has 0 fully saturated rings. The molecule has 1 aromatic carbocycles. The van der Waals surface area contributed by atoms with E-state index < -0.39 is 0 Å². The third-order valence-electron chi connectivity index (χ3n) is 3.16. The minimum absolute atomic E-state index is 0.0493. The van der Waals surface area contributed by atoms with E-state index in [4.69, 9.17) is 5.73 Å². The fourth-order valence-electron chi connectivity index (χ4n) is 1.76. The van der Waals surface area contributed by atoms with Crippen molar-refractivity contribution in [3.8, 4) is 0 Å². The SMILES string of the molecule is Cc1nnc(NCC(C)(C)CN)c2ccccc12. The van der Waals surface area contributed by atoms with Crippen LogP contribution in [0.2, 0.25) is 0 Å². The number of hydrogen-bond donors (Lipinski definition) is 2. The molecule has 4 nitrogen and oxygen atoms in total. The van der Waals surface area contributed by atoms with E-state index in [-0.39, 0.29) is 5.41 Å². The van der Waals surface area contributed by atoms with Crippen molar-refractivity contribution in [1.82, 2.24) is 10.2 Å². The molecule has 96 valence electrons. The van der Waals surface area contributed by atoms with Crippen molar-refractivity contribution < 1.29 is 0 Å². The van der Waals surface area contributed by atoms with Crippen molar-refractivity contribution in [2.45, 2.75) is 20.8 Å². The van der Waals surface area contributed by atoms with E-state index in [0.717, 1.165) is 28.8 Å². The predicted molar refractivity (Wildman–Crippen MR) is 75.6 cm³/mol. The largest absolute Gasteiger partial charge is 0.367 e. The summed E-state index contributed by atoms with van der Waals surface area (Å²) in [6.45, 7) is 7.65. The van der Waals surface area contributed by atoms with Gasteiger partial charge < -0.3 is 11.1 Å². The maximum atomic E-state index is 5.73. The molecule has 3 N–H and O–H groups in total. The van der Waals surface area contributed by atoms with Crippen LogP contribution in [-0.2, 0) is 0 Å². The molecule has 18 heavy (non-hydrogen) atoms. The van der Waals surface area contributed by atoms with E-state index in [2.05, 4.69) is 41.5 Å². The molecule has 0 radical (unpaired) electrons. The molecule has 0 unspecified atom stereocenters. The molecule has 0 aliphatic rings. The summed E-state index contributed by atoms with van der Waals surface area (Å²) in [6, 6.07) is 8.17. The molecule has 0 amide bonds. The molecular weight excluding hydrogens is 224 g/mol. The first-order valence-corrected chi connectivity index (χ1v) is 6.19. The number of anilines is 1. The third kappa shape index (κ3) is 2.59. The zero-order valence-corrected chi connectivity index (χ0v) is 11.2. The average Bonchev–Trinajstić information content (AvgIpc) is 2.38. The Balaban J connectivity index is 2.32. The maximum Gasteiger partial charge on any atom is 0.156 e. The molecule has 0 spiro atoms. The number of rotatable bonds is 4. The molecule has 0 bridgehead atoms. The van der Waals surface area contributed by atoms with Gasteiger partial charge >= 0.3 is 0 Å². The van der Waals surface area contributed by atoms with E-state index in [9.17, 15) is 0 Å². The highest BCUT2D eigenvalue weighted by molar-refractivity contribution is 5.92. The molecule has 2 rings (SSSR count). The lowest BCUT2D eigenvalue weighted by molar-refractivity contribution is 0.405. The number of hydrogen-bond acceptors (Lipinski definition) is 4. The van der Waals surface area contributed by atoms with E-state index in [1.807, 2.05) is 19.1 Å². The Hall–Kier alpha value is -1.68. The summed E-state index contributed by atoms with van der Waals surface area (Å²) >= 11 is 0. The molecule has 4 heteroatoms. The summed E-state index contributed by atoms with van der Waals surface area (Å²) in [7, 11) is 0. The van der Waals surface area contributed by atoms with Gasteiger partial charge in [-0.05, 0) is 18.9 Å². The van der Waals surface area contributed by atoms with Crippen molar-refractivity contribution in [2.75, 3.05) is 18.4 Å². The van der Waals surface area contributed by atoms with Crippen molar-refractivity contribution in [2.24, 2.45) is 11.1 Å². The third-order valence-corrected chi connectivity index (χ3v) is 3.16. The summed E-state index contributed by atoms with van der Waals surface area (Å²) in [5.74, 6) is 0.831. The Morgan fingerprint density at radius 3 is 2.50 bits per heavy atom. The zero-order chi connectivity index (χ0) is 13.2. The first kappa shape index (κ1) is 12.8. The number of nitrogens with one attached hydrogen (secondary N) is 1. The minimum Gasteiger partial charge on any atom is -0.367 e. The van der Waals surface area contributed by atoms with Crippen molar-refractivity contribution >= 4 is 16.6 Å². The average molecular weight is 244 g/mol. The molecule has 0 aliphatic heterocycles. The van der Waals surface area contributed by atoms with Gasteiger partial charge in [0.05, 0.1) is 5.69 Å². The lowest BCUT2D eigenvalue weighted by atomic mass is 9.94.